The van der Waals surface area contributed by atoms with Gasteiger partial charge in [-0.2, -0.15) is 4.31 Å². The zero-order valence-electron chi connectivity index (χ0n) is 14.4. The zero-order valence-corrected chi connectivity index (χ0v) is 15.2. The monoisotopic (exact) mass is 355 g/mol. The molecule has 1 aliphatic heterocycles. The normalized spacial score (nSPS) is 25.0. The number of nitrogens with zero attached hydrogens (tertiary/aromatic N) is 2. The SMILES string of the molecule is CC(C)[C@H]1CN(S(C)(=O)=O)C[C@@H]1NC(=O)c1onc2c1CCCC2. The van der Waals surface area contributed by atoms with E-state index in [9.17, 15) is 13.2 Å². The number of rotatable bonds is 4. The van der Waals surface area contributed by atoms with Crippen molar-refractivity contribution in [2.24, 2.45) is 11.8 Å². The van der Waals surface area contributed by atoms with Crippen LogP contribution in [0.25, 0.3) is 0 Å². The molecule has 0 radical (unpaired) electrons. The van der Waals surface area contributed by atoms with Crippen molar-refractivity contribution >= 4 is 15.9 Å². The molecule has 24 heavy (non-hydrogen) atoms. The Morgan fingerprint density at radius 2 is 2.00 bits per heavy atom. The lowest BCUT2D eigenvalue weighted by Crippen LogP contribution is -2.42. The van der Waals surface area contributed by atoms with E-state index in [0.29, 0.717) is 18.8 Å². The minimum Gasteiger partial charge on any atom is -0.350 e. The molecule has 2 heterocycles. The van der Waals surface area contributed by atoms with E-state index in [1.54, 1.807) is 0 Å². The molecule has 0 bridgehead atoms. The first kappa shape index (κ1) is 17.4. The quantitative estimate of drug-likeness (QED) is 0.876. The van der Waals surface area contributed by atoms with Gasteiger partial charge in [0.1, 0.15) is 0 Å². The van der Waals surface area contributed by atoms with Crippen molar-refractivity contribution in [3.05, 3.63) is 17.0 Å². The van der Waals surface area contributed by atoms with Crippen LogP contribution >= 0.6 is 0 Å². The fourth-order valence-corrected chi connectivity index (χ4v) is 4.57. The lowest BCUT2D eigenvalue weighted by atomic mass is 9.91. The Morgan fingerprint density at radius 3 is 2.67 bits per heavy atom. The van der Waals surface area contributed by atoms with Crippen LogP contribution in [0.15, 0.2) is 4.52 Å². The molecular weight excluding hydrogens is 330 g/mol. The van der Waals surface area contributed by atoms with E-state index in [2.05, 4.69) is 10.5 Å². The second kappa shape index (κ2) is 6.48. The van der Waals surface area contributed by atoms with Crippen molar-refractivity contribution in [1.29, 1.82) is 0 Å². The first-order chi connectivity index (χ1) is 11.3. The van der Waals surface area contributed by atoms with Gasteiger partial charge in [-0.25, -0.2) is 8.42 Å². The van der Waals surface area contributed by atoms with Crippen LogP contribution in [0.4, 0.5) is 0 Å². The van der Waals surface area contributed by atoms with Crippen LogP contribution in [-0.2, 0) is 22.9 Å². The summed E-state index contributed by atoms with van der Waals surface area (Å²) in [5, 5.41) is 7.00. The number of nitrogens with one attached hydrogen (secondary N) is 1. The summed E-state index contributed by atoms with van der Waals surface area (Å²) in [5.74, 6) is 0.370. The minimum absolute atomic E-state index is 0.0856. The summed E-state index contributed by atoms with van der Waals surface area (Å²) in [6, 6.07) is -0.212. The maximum atomic E-state index is 12.6. The highest BCUT2D eigenvalue weighted by Gasteiger charge is 2.40. The number of hydrogen-bond acceptors (Lipinski definition) is 5. The van der Waals surface area contributed by atoms with E-state index in [0.717, 1.165) is 36.9 Å². The van der Waals surface area contributed by atoms with Crippen molar-refractivity contribution in [2.45, 2.75) is 45.6 Å². The summed E-state index contributed by atoms with van der Waals surface area (Å²) in [5.41, 5.74) is 1.80. The summed E-state index contributed by atoms with van der Waals surface area (Å²) in [6.45, 7) is 4.84. The van der Waals surface area contributed by atoms with E-state index in [4.69, 9.17) is 4.52 Å². The van der Waals surface area contributed by atoms with Gasteiger partial charge in [-0.15, -0.1) is 0 Å². The van der Waals surface area contributed by atoms with Crippen molar-refractivity contribution in [3.63, 3.8) is 0 Å². The van der Waals surface area contributed by atoms with Crippen molar-refractivity contribution in [1.82, 2.24) is 14.8 Å². The highest BCUT2D eigenvalue weighted by atomic mass is 32.2. The molecular formula is C16H25N3O4S. The smallest absolute Gasteiger partial charge is 0.290 e. The van der Waals surface area contributed by atoms with E-state index < -0.39 is 10.0 Å². The molecule has 1 N–H and O–H groups in total. The predicted molar refractivity (Wildman–Crippen MR) is 89.1 cm³/mol. The third kappa shape index (κ3) is 3.35. The molecule has 2 atom stereocenters. The van der Waals surface area contributed by atoms with Gasteiger partial charge in [0.15, 0.2) is 0 Å². The van der Waals surface area contributed by atoms with Gasteiger partial charge in [-0.05, 0) is 37.5 Å². The number of fused-ring (bicyclic) bond motifs is 1. The van der Waals surface area contributed by atoms with Gasteiger partial charge < -0.3 is 9.84 Å². The zero-order chi connectivity index (χ0) is 17.5. The molecule has 1 aliphatic carbocycles. The van der Waals surface area contributed by atoms with Gasteiger partial charge in [0.05, 0.1) is 11.9 Å². The molecule has 0 saturated carbocycles. The first-order valence-corrected chi connectivity index (χ1v) is 10.4. The summed E-state index contributed by atoms with van der Waals surface area (Å²) in [4.78, 5) is 12.6. The van der Waals surface area contributed by atoms with Gasteiger partial charge in [0, 0.05) is 24.7 Å². The molecule has 134 valence electrons. The van der Waals surface area contributed by atoms with E-state index in [-0.39, 0.29) is 23.8 Å². The van der Waals surface area contributed by atoms with Gasteiger partial charge in [0.2, 0.25) is 15.8 Å². The lowest BCUT2D eigenvalue weighted by molar-refractivity contribution is 0.0887. The van der Waals surface area contributed by atoms with Crippen LogP contribution in [0, 0.1) is 11.8 Å². The second-order valence-corrected chi connectivity index (χ2v) is 9.19. The highest BCUT2D eigenvalue weighted by Crippen LogP contribution is 2.28. The summed E-state index contributed by atoms with van der Waals surface area (Å²) in [6.07, 6.45) is 4.99. The number of aryl methyl sites for hydroxylation is 1. The lowest BCUT2D eigenvalue weighted by Gasteiger charge is -2.22. The molecule has 1 amide bonds. The van der Waals surface area contributed by atoms with Gasteiger partial charge >= 0.3 is 0 Å². The molecule has 0 unspecified atom stereocenters. The van der Waals surface area contributed by atoms with E-state index in [1.807, 2.05) is 13.8 Å². The molecule has 3 rings (SSSR count). The summed E-state index contributed by atoms with van der Waals surface area (Å²) >= 11 is 0. The van der Waals surface area contributed by atoms with Gasteiger partial charge in [0.25, 0.3) is 5.91 Å². The molecule has 8 heteroatoms. The largest absolute Gasteiger partial charge is 0.350 e. The number of hydrogen-bond donors (Lipinski definition) is 1. The van der Waals surface area contributed by atoms with Crippen LogP contribution in [0.2, 0.25) is 0 Å². The van der Waals surface area contributed by atoms with Crippen LogP contribution in [0.1, 0.15) is 48.5 Å². The Labute approximate surface area is 142 Å². The summed E-state index contributed by atoms with van der Waals surface area (Å²) < 4.78 is 30.4. The first-order valence-electron chi connectivity index (χ1n) is 8.50. The average Bonchev–Trinajstić information content (AvgIpc) is 3.10. The highest BCUT2D eigenvalue weighted by molar-refractivity contribution is 7.88. The fourth-order valence-electron chi connectivity index (χ4n) is 3.69. The van der Waals surface area contributed by atoms with Crippen LogP contribution in [0.3, 0.4) is 0 Å². The maximum absolute atomic E-state index is 12.6. The fraction of sp³-hybridized carbons (Fsp3) is 0.750. The number of sulfonamides is 1. The van der Waals surface area contributed by atoms with E-state index >= 15 is 0 Å². The third-order valence-electron chi connectivity index (χ3n) is 5.14. The Kier molecular flexibility index (Phi) is 4.70. The molecule has 0 aromatic carbocycles. The van der Waals surface area contributed by atoms with Gasteiger partial charge in [-0.1, -0.05) is 19.0 Å². The molecule has 0 spiro atoms. The van der Waals surface area contributed by atoms with Gasteiger partial charge in [-0.3, -0.25) is 4.79 Å². The molecule has 2 aliphatic rings. The Bertz CT molecular complexity index is 726. The average molecular weight is 355 g/mol. The number of amides is 1. The van der Waals surface area contributed by atoms with Crippen molar-refractivity contribution in [3.8, 4) is 0 Å². The number of aromatic nitrogens is 1. The Balaban J connectivity index is 1.76. The van der Waals surface area contributed by atoms with Crippen LogP contribution < -0.4 is 5.32 Å². The topological polar surface area (TPSA) is 92.5 Å². The van der Waals surface area contributed by atoms with E-state index in [1.165, 1.54) is 10.6 Å². The molecule has 7 nitrogen and oxygen atoms in total. The number of carbonyl (C=O) groups excluding carboxylic acids is 1. The standard InChI is InChI=1S/C16H25N3O4S/c1-10(2)12-8-19(24(3,21)22)9-14(12)17-16(20)15-11-6-4-5-7-13(11)18-23-15/h10,12,14H,4-9H2,1-3H3,(H,17,20)/t12-,14+/m1/s1. The van der Waals surface area contributed by atoms with Crippen LogP contribution in [-0.4, -0.2) is 49.2 Å². The second-order valence-electron chi connectivity index (χ2n) is 7.21. The molecule has 1 fully saturated rings. The van der Waals surface area contributed by atoms with Crippen molar-refractivity contribution < 1.29 is 17.7 Å². The Hall–Kier alpha value is -1.41. The number of carbonyl (C=O) groups is 1. The molecule has 1 aromatic rings. The minimum atomic E-state index is -3.26. The predicted octanol–water partition coefficient (Wildman–Crippen LogP) is 1.20. The Morgan fingerprint density at radius 1 is 1.29 bits per heavy atom. The van der Waals surface area contributed by atoms with Crippen molar-refractivity contribution in [2.75, 3.05) is 19.3 Å². The molecule has 1 saturated heterocycles. The van der Waals surface area contributed by atoms with Crippen LogP contribution in [0.5, 0.6) is 0 Å². The third-order valence-corrected chi connectivity index (χ3v) is 6.38. The summed E-state index contributed by atoms with van der Waals surface area (Å²) in [7, 11) is -3.26. The maximum Gasteiger partial charge on any atom is 0.290 e. The molecule has 1 aromatic heterocycles.